The number of fused-ring (bicyclic) bond motifs is 1. The predicted octanol–water partition coefficient (Wildman–Crippen LogP) is 0.712. The molecule has 0 aromatic carbocycles. The molecule has 1 N–H and O–H groups in total. The molecule has 2 aromatic rings. The van der Waals surface area contributed by atoms with E-state index in [2.05, 4.69) is 10.3 Å². The first-order valence-electron chi connectivity index (χ1n) is 7.98. The fraction of sp³-hybridized carbons (Fsp3) is 0.667. The highest BCUT2D eigenvalue weighted by Crippen LogP contribution is 2.12. The van der Waals surface area contributed by atoms with Crippen molar-refractivity contribution in [2.75, 3.05) is 6.54 Å². The van der Waals surface area contributed by atoms with Gasteiger partial charge in [0.2, 0.25) is 0 Å². The molecule has 0 bridgehead atoms. The Labute approximate surface area is 128 Å². The Balaban J connectivity index is 2.26. The highest BCUT2D eigenvalue weighted by Gasteiger charge is 2.22. The molecule has 0 saturated carbocycles. The van der Waals surface area contributed by atoms with E-state index >= 15 is 0 Å². The van der Waals surface area contributed by atoms with Crippen molar-refractivity contribution in [2.45, 2.75) is 58.8 Å². The van der Waals surface area contributed by atoms with Crippen molar-refractivity contribution in [3.63, 3.8) is 0 Å². The maximum atomic E-state index is 12.8. The second-order valence-corrected chi connectivity index (χ2v) is 6.16. The van der Waals surface area contributed by atoms with Crippen LogP contribution in [0.25, 0.3) is 11.2 Å². The van der Waals surface area contributed by atoms with Gasteiger partial charge in [0.05, 0.1) is 6.33 Å². The number of nitrogens with zero attached hydrogens (tertiary/aromatic N) is 4. The minimum atomic E-state index is -0.262. The molecule has 7 nitrogen and oxygen atoms in total. The van der Waals surface area contributed by atoms with E-state index in [1.165, 1.54) is 4.57 Å². The number of rotatable bonds is 4. The van der Waals surface area contributed by atoms with Crippen LogP contribution in [0, 0.1) is 0 Å². The van der Waals surface area contributed by atoms with Crippen molar-refractivity contribution in [1.82, 2.24) is 24.0 Å². The first-order valence-corrected chi connectivity index (χ1v) is 7.98. The van der Waals surface area contributed by atoms with E-state index < -0.39 is 0 Å². The Bertz CT molecular complexity index is 793. The van der Waals surface area contributed by atoms with E-state index in [0.29, 0.717) is 24.3 Å². The highest BCUT2D eigenvalue weighted by atomic mass is 16.2. The van der Waals surface area contributed by atoms with Gasteiger partial charge < -0.3 is 9.88 Å². The van der Waals surface area contributed by atoms with Gasteiger partial charge in [0.1, 0.15) is 0 Å². The number of aryl methyl sites for hydroxylation is 1. The maximum absolute atomic E-state index is 12.8. The highest BCUT2D eigenvalue weighted by molar-refractivity contribution is 5.70. The van der Waals surface area contributed by atoms with Crippen LogP contribution in [0.3, 0.4) is 0 Å². The Morgan fingerprint density at radius 2 is 2.18 bits per heavy atom. The molecule has 1 fully saturated rings. The van der Waals surface area contributed by atoms with Gasteiger partial charge >= 0.3 is 5.69 Å². The van der Waals surface area contributed by atoms with Crippen molar-refractivity contribution in [3.05, 3.63) is 27.2 Å². The molecular formula is C15H23N5O2. The van der Waals surface area contributed by atoms with Crippen LogP contribution in [-0.4, -0.2) is 31.3 Å². The number of hydrogen-bond acceptors (Lipinski definition) is 4. The van der Waals surface area contributed by atoms with Crippen LogP contribution in [0.4, 0.5) is 0 Å². The molecule has 22 heavy (non-hydrogen) atoms. The van der Waals surface area contributed by atoms with Crippen molar-refractivity contribution < 1.29 is 0 Å². The lowest BCUT2D eigenvalue weighted by atomic mass is 10.2. The number of aromatic nitrogens is 4. The van der Waals surface area contributed by atoms with E-state index in [1.807, 2.05) is 25.3 Å². The Kier molecular flexibility index (Phi) is 3.90. The van der Waals surface area contributed by atoms with Gasteiger partial charge in [-0.1, -0.05) is 0 Å². The topological polar surface area (TPSA) is 73.8 Å². The van der Waals surface area contributed by atoms with Gasteiger partial charge in [0.15, 0.2) is 11.2 Å². The average molecular weight is 305 g/mol. The molecule has 1 atom stereocenters. The molecule has 7 heteroatoms. The third kappa shape index (κ3) is 2.29. The summed E-state index contributed by atoms with van der Waals surface area (Å²) >= 11 is 0. The normalized spacial score (nSPS) is 18.6. The summed E-state index contributed by atoms with van der Waals surface area (Å²) in [7, 11) is 0. The van der Waals surface area contributed by atoms with E-state index in [-0.39, 0.29) is 23.3 Å². The smallest absolute Gasteiger partial charge is 0.325 e. The lowest BCUT2D eigenvalue weighted by Crippen LogP contribution is -2.45. The SMILES string of the molecule is CCn1cnc2c1c(=O)n(CC1CCCN1)c(=O)n2C(C)C. The van der Waals surface area contributed by atoms with Crippen molar-refractivity contribution in [3.8, 4) is 0 Å². The van der Waals surface area contributed by atoms with Crippen LogP contribution in [0.15, 0.2) is 15.9 Å². The Hall–Kier alpha value is -1.89. The molecule has 1 aliphatic rings. The molecule has 2 aromatic heterocycles. The van der Waals surface area contributed by atoms with Crippen LogP contribution in [0.2, 0.25) is 0 Å². The monoisotopic (exact) mass is 305 g/mol. The van der Waals surface area contributed by atoms with Crippen LogP contribution >= 0.6 is 0 Å². The second-order valence-electron chi connectivity index (χ2n) is 6.16. The molecule has 1 saturated heterocycles. The average Bonchev–Trinajstić information content (AvgIpc) is 3.12. The zero-order chi connectivity index (χ0) is 15.9. The van der Waals surface area contributed by atoms with Crippen molar-refractivity contribution >= 4 is 11.2 Å². The third-order valence-electron chi connectivity index (χ3n) is 4.35. The number of hydrogen-bond donors (Lipinski definition) is 1. The largest absolute Gasteiger partial charge is 0.333 e. The van der Waals surface area contributed by atoms with E-state index in [1.54, 1.807) is 10.9 Å². The summed E-state index contributed by atoms with van der Waals surface area (Å²) in [5, 5.41) is 3.35. The van der Waals surface area contributed by atoms with Gasteiger partial charge in [0, 0.05) is 25.2 Å². The molecule has 3 heterocycles. The van der Waals surface area contributed by atoms with Crippen LogP contribution in [0.5, 0.6) is 0 Å². The van der Waals surface area contributed by atoms with E-state index in [0.717, 1.165) is 19.4 Å². The minimum Gasteiger partial charge on any atom is -0.325 e. The molecular weight excluding hydrogens is 282 g/mol. The van der Waals surface area contributed by atoms with Crippen LogP contribution in [-0.2, 0) is 13.1 Å². The third-order valence-corrected chi connectivity index (χ3v) is 4.35. The summed E-state index contributed by atoms with van der Waals surface area (Å²) in [5.74, 6) is 0. The fourth-order valence-electron chi connectivity index (χ4n) is 3.20. The summed E-state index contributed by atoms with van der Waals surface area (Å²) in [5.41, 5.74) is 0.517. The lowest BCUT2D eigenvalue weighted by molar-refractivity contribution is 0.457. The number of imidazole rings is 1. The summed E-state index contributed by atoms with van der Waals surface area (Å²) in [6, 6.07) is 0.153. The summed E-state index contributed by atoms with van der Waals surface area (Å²) in [6.45, 7) is 7.88. The zero-order valence-corrected chi connectivity index (χ0v) is 13.4. The van der Waals surface area contributed by atoms with Crippen LogP contribution in [0.1, 0.15) is 39.7 Å². The lowest BCUT2D eigenvalue weighted by Gasteiger charge is -2.17. The van der Waals surface area contributed by atoms with Gasteiger partial charge in [-0.3, -0.25) is 13.9 Å². The van der Waals surface area contributed by atoms with Gasteiger partial charge in [0.25, 0.3) is 5.56 Å². The second kappa shape index (κ2) is 5.72. The molecule has 1 unspecified atom stereocenters. The molecule has 3 rings (SSSR count). The molecule has 0 spiro atoms. The Morgan fingerprint density at radius 3 is 2.77 bits per heavy atom. The quantitative estimate of drug-likeness (QED) is 0.903. The molecule has 0 aliphatic carbocycles. The van der Waals surface area contributed by atoms with Crippen molar-refractivity contribution in [2.24, 2.45) is 0 Å². The maximum Gasteiger partial charge on any atom is 0.333 e. The number of nitrogens with one attached hydrogen (secondary N) is 1. The molecule has 0 amide bonds. The fourth-order valence-corrected chi connectivity index (χ4v) is 3.20. The van der Waals surface area contributed by atoms with Crippen molar-refractivity contribution in [1.29, 1.82) is 0 Å². The van der Waals surface area contributed by atoms with Gasteiger partial charge in [-0.25, -0.2) is 9.78 Å². The zero-order valence-electron chi connectivity index (χ0n) is 13.4. The van der Waals surface area contributed by atoms with Gasteiger partial charge in [-0.05, 0) is 40.2 Å². The van der Waals surface area contributed by atoms with E-state index in [9.17, 15) is 9.59 Å². The van der Waals surface area contributed by atoms with Gasteiger partial charge in [-0.2, -0.15) is 0 Å². The Morgan fingerprint density at radius 1 is 1.41 bits per heavy atom. The van der Waals surface area contributed by atoms with Crippen LogP contribution < -0.4 is 16.6 Å². The van der Waals surface area contributed by atoms with Gasteiger partial charge in [-0.15, -0.1) is 0 Å². The molecule has 120 valence electrons. The molecule has 1 aliphatic heterocycles. The summed E-state index contributed by atoms with van der Waals surface area (Å²) < 4.78 is 4.81. The minimum absolute atomic E-state index is 0.0430. The molecule has 0 radical (unpaired) electrons. The standard InChI is InChI=1S/C15H23N5O2/c1-4-18-9-17-13-12(18)14(21)19(8-11-6-5-7-16-11)15(22)20(13)10(2)3/h9-11,16H,4-8H2,1-3H3. The predicted molar refractivity (Wildman–Crippen MR) is 85.3 cm³/mol. The summed E-state index contributed by atoms with van der Waals surface area (Å²) in [4.78, 5) is 29.9. The first-order chi connectivity index (χ1) is 10.5. The first kappa shape index (κ1) is 15.0. The van der Waals surface area contributed by atoms with E-state index in [4.69, 9.17) is 0 Å². The summed E-state index contributed by atoms with van der Waals surface area (Å²) in [6.07, 6.45) is 3.73.